The highest BCUT2D eigenvalue weighted by Crippen LogP contribution is 2.43. The van der Waals surface area contributed by atoms with Crippen LogP contribution in [0.5, 0.6) is 0 Å². The maximum Gasteiger partial charge on any atom is 0.304 e. The summed E-state index contributed by atoms with van der Waals surface area (Å²) in [7, 11) is 2.96. The molecule has 0 atom stereocenters. The number of hydrogen-bond donors (Lipinski definition) is 2. The lowest BCUT2D eigenvalue weighted by molar-refractivity contribution is -0.138. The Labute approximate surface area is 104 Å². The van der Waals surface area contributed by atoms with Gasteiger partial charge in [0.25, 0.3) is 0 Å². The average molecular weight is 266 g/mol. The molecule has 94 valence electrons. The van der Waals surface area contributed by atoms with Crippen molar-refractivity contribution in [2.24, 2.45) is 0 Å². The van der Waals surface area contributed by atoms with Crippen molar-refractivity contribution in [1.29, 1.82) is 0 Å². The van der Waals surface area contributed by atoms with Gasteiger partial charge >= 0.3 is 11.9 Å². The molecule has 0 saturated carbocycles. The van der Waals surface area contributed by atoms with Crippen LogP contribution in [0.1, 0.15) is 39.5 Å². The van der Waals surface area contributed by atoms with E-state index in [9.17, 15) is 9.59 Å². The second kappa shape index (κ2) is 7.84. The smallest absolute Gasteiger partial charge is 0.304 e. The Hall–Kier alpha value is -0.360. The molecular weight excluding hydrogens is 248 g/mol. The highest BCUT2D eigenvalue weighted by Gasteiger charge is 2.30. The molecule has 0 heterocycles. The van der Waals surface area contributed by atoms with Crippen molar-refractivity contribution < 1.29 is 19.8 Å². The number of carboxylic acid groups (broad SMARTS) is 2. The minimum Gasteiger partial charge on any atom is -0.481 e. The van der Waals surface area contributed by atoms with Gasteiger partial charge in [0.2, 0.25) is 0 Å². The third-order valence-corrected chi connectivity index (χ3v) is 5.88. The molecule has 0 bridgehead atoms. The van der Waals surface area contributed by atoms with E-state index in [2.05, 4.69) is 0 Å². The maximum atomic E-state index is 10.8. The minimum absolute atomic E-state index is 0.119. The van der Waals surface area contributed by atoms with Crippen molar-refractivity contribution in [1.82, 2.24) is 0 Å². The summed E-state index contributed by atoms with van der Waals surface area (Å²) >= 11 is 0. The predicted octanol–water partition coefficient (Wildman–Crippen LogP) is 2.88. The summed E-state index contributed by atoms with van der Waals surface area (Å²) in [4.78, 5) is 21.1. The lowest BCUT2D eigenvalue weighted by Crippen LogP contribution is -2.25. The summed E-state index contributed by atoms with van der Waals surface area (Å²) in [5, 5.41) is 17.3. The summed E-state index contributed by atoms with van der Waals surface area (Å²) in [6.45, 7) is 3.94. The molecule has 0 saturated heterocycles. The standard InChI is InChI=1S/C10H18O4S2/c1-3-10(4-2,7-9(13)14)16-15-6-5-8(11)12/h3-7H2,1-2H3,(H,11,12)(H,13,14). The van der Waals surface area contributed by atoms with Crippen LogP contribution in [-0.2, 0) is 9.59 Å². The number of carbonyl (C=O) groups is 2. The molecule has 0 amide bonds. The minimum atomic E-state index is -0.815. The van der Waals surface area contributed by atoms with Crippen LogP contribution in [0.4, 0.5) is 0 Å². The molecule has 0 aliphatic heterocycles. The van der Waals surface area contributed by atoms with Gasteiger partial charge in [0.05, 0.1) is 12.8 Å². The first-order valence-corrected chi connectivity index (χ1v) is 7.52. The lowest BCUT2D eigenvalue weighted by Gasteiger charge is -2.28. The zero-order valence-corrected chi connectivity index (χ0v) is 11.2. The van der Waals surface area contributed by atoms with E-state index >= 15 is 0 Å². The van der Waals surface area contributed by atoms with E-state index in [1.54, 1.807) is 0 Å². The Morgan fingerprint density at radius 3 is 2.06 bits per heavy atom. The topological polar surface area (TPSA) is 74.6 Å². The third-order valence-electron chi connectivity index (χ3n) is 2.40. The molecule has 4 nitrogen and oxygen atoms in total. The Balaban J connectivity index is 4.11. The van der Waals surface area contributed by atoms with Gasteiger partial charge in [-0.1, -0.05) is 35.4 Å². The molecule has 0 aromatic rings. The van der Waals surface area contributed by atoms with E-state index < -0.39 is 11.9 Å². The lowest BCUT2D eigenvalue weighted by atomic mass is 9.98. The fourth-order valence-electron chi connectivity index (χ4n) is 1.22. The second-order valence-electron chi connectivity index (χ2n) is 3.51. The van der Waals surface area contributed by atoms with E-state index in [1.807, 2.05) is 13.8 Å². The molecule has 0 fully saturated rings. The van der Waals surface area contributed by atoms with Crippen LogP contribution in [0.2, 0.25) is 0 Å². The van der Waals surface area contributed by atoms with E-state index in [0.29, 0.717) is 5.75 Å². The third kappa shape index (κ3) is 6.27. The highest BCUT2D eigenvalue weighted by atomic mass is 33.1. The number of rotatable bonds is 9. The molecule has 0 aliphatic carbocycles. The zero-order chi connectivity index (χ0) is 12.6. The van der Waals surface area contributed by atoms with Gasteiger partial charge in [-0.15, -0.1) is 0 Å². The first-order chi connectivity index (χ1) is 7.45. The molecule has 0 rings (SSSR count). The molecule has 0 aromatic heterocycles. The van der Waals surface area contributed by atoms with Crippen LogP contribution in [0.15, 0.2) is 0 Å². The van der Waals surface area contributed by atoms with Crippen molar-refractivity contribution in [3.8, 4) is 0 Å². The van der Waals surface area contributed by atoms with Crippen molar-refractivity contribution in [3.05, 3.63) is 0 Å². The van der Waals surface area contributed by atoms with Gasteiger partial charge in [0, 0.05) is 10.5 Å². The molecule has 0 radical (unpaired) electrons. The molecule has 0 aromatic carbocycles. The van der Waals surface area contributed by atoms with Gasteiger partial charge in [-0.05, 0) is 12.8 Å². The summed E-state index contributed by atoms with van der Waals surface area (Å²) < 4.78 is -0.269. The van der Waals surface area contributed by atoms with Crippen LogP contribution in [0, 0.1) is 0 Å². The summed E-state index contributed by atoms with van der Waals surface area (Å²) in [6.07, 6.45) is 1.81. The van der Waals surface area contributed by atoms with Crippen LogP contribution in [0.3, 0.4) is 0 Å². The van der Waals surface area contributed by atoms with Crippen molar-refractivity contribution in [2.75, 3.05) is 5.75 Å². The van der Waals surface area contributed by atoms with Crippen LogP contribution in [-0.4, -0.2) is 32.7 Å². The van der Waals surface area contributed by atoms with E-state index in [1.165, 1.54) is 21.6 Å². The predicted molar refractivity (Wildman–Crippen MR) is 67.9 cm³/mol. The highest BCUT2D eigenvalue weighted by molar-refractivity contribution is 8.77. The number of carboxylic acids is 2. The van der Waals surface area contributed by atoms with E-state index in [0.717, 1.165) is 12.8 Å². The largest absolute Gasteiger partial charge is 0.481 e. The quantitative estimate of drug-likeness (QED) is 0.494. The van der Waals surface area contributed by atoms with Crippen LogP contribution >= 0.6 is 21.6 Å². The molecule has 0 unspecified atom stereocenters. The zero-order valence-electron chi connectivity index (χ0n) is 9.56. The fourth-order valence-corrected chi connectivity index (χ4v) is 4.36. The van der Waals surface area contributed by atoms with Crippen LogP contribution in [0.25, 0.3) is 0 Å². The van der Waals surface area contributed by atoms with Crippen molar-refractivity contribution >= 4 is 33.5 Å². The molecule has 0 spiro atoms. The molecule has 0 aliphatic rings. The average Bonchev–Trinajstić information content (AvgIpc) is 2.22. The first-order valence-electron chi connectivity index (χ1n) is 5.20. The summed E-state index contributed by atoms with van der Waals surface area (Å²) in [5.74, 6) is -1.10. The molecule has 2 N–H and O–H groups in total. The fraction of sp³-hybridized carbons (Fsp3) is 0.800. The van der Waals surface area contributed by atoms with E-state index in [4.69, 9.17) is 10.2 Å². The second-order valence-corrected chi connectivity index (χ2v) is 6.39. The Bertz CT molecular complexity index is 239. The number of hydrogen-bond acceptors (Lipinski definition) is 4. The van der Waals surface area contributed by atoms with Crippen molar-refractivity contribution in [3.63, 3.8) is 0 Å². The van der Waals surface area contributed by atoms with Gasteiger partial charge in [-0.2, -0.15) is 0 Å². The number of aliphatic carboxylic acids is 2. The molecule has 6 heteroatoms. The first kappa shape index (κ1) is 15.6. The monoisotopic (exact) mass is 266 g/mol. The summed E-state index contributed by atoms with van der Waals surface area (Å²) in [6, 6.07) is 0. The van der Waals surface area contributed by atoms with Gasteiger partial charge in [-0.25, -0.2) is 0 Å². The Morgan fingerprint density at radius 1 is 1.12 bits per heavy atom. The Kier molecular flexibility index (Phi) is 7.66. The van der Waals surface area contributed by atoms with E-state index in [-0.39, 0.29) is 17.6 Å². The van der Waals surface area contributed by atoms with Gasteiger partial charge < -0.3 is 10.2 Å². The Morgan fingerprint density at radius 2 is 1.69 bits per heavy atom. The van der Waals surface area contributed by atoms with Gasteiger partial charge in [0.1, 0.15) is 0 Å². The molecular formula is C10H18O4S2. The van der Waals surface area contributed by atoms with Crippen LogP contribution < -0.4 is 0 Å². The van der Waals surface area contributed by atoms with Gasteiger partial charge in [-0.3, -0.25) is 9.59 Å². The van der Waals surface area contributed by atoms with Gasteiger partial charge in [0.15, 0.2) is 0 Å². The normalized spacial score (nSPS) is 11.4. The summed E-state index contributed by atoms with van der Waals surface area (Å²) in [5.41, 5.74) is 0. The van der Waals surface area contributed by atoms with Crippen molar-refractivity contribution in [2.45, 2.75) is 44.3 Å². The SMILES string of the molecule is CCC(CC)(CC(=O)O)SSCCC(=O)O. The maximum absolute atomic E-state index is 10.8. The molecule has 16 heavy (non-hydrogen) atoms.